The van der Waals surface area contributed by atoms with E-state index in [1.54, 1.807) is 13.1 Å². The van der Waals surface area contributed by atoms with E-state index in [0.717, 1.165) is 62.0 Å². The van der Waals surface area contributed by atoms with Crippen LogP contribution in [0, 0.1) is 0 Å². The van der Waals surface area contributed by atoms with Gasteiger partial charge in [-0.25, -0.2) is 9.98 Å². The highest BCUT2D eigenvalue weighted by molar-refractivity contribution is 6.45. The smallest absolute Gasteiger partial charge is 0.296 e. The Morgan fingerprint density at radius 1 is 0.844 bits per heavy atom. The summed E-state index contributed by atoms with van der Waals surface area (Å²) in [4.78, 5) is 37.9. The van der Waals surface area contributed by atoms with Gasteiger partial charge < -0.3 is 5.32 Å². The van der Waals surface area contributed by atoms with E-state index < -0.39 is 11.7 Å². The normalized spacial score (nSPS) is 25.0. The molecule has 0 aromatic rings. The van der Waals surface area contributed by atoms with E-state index in [1.165, 1.54) is 0 Å². The predicted molar refractivity (Wildman–Crippen MR) is 129 cm³/mol. The van der Waals surface area contributed by atoms with Gasteiger partial charge in [0.05, 0.1) is 34.2 Å². The van der Waals surface area contributed by atoms with Crippen molar-refractivity contribution in [3.8, 4) is 0 Å². The first-order valence-corrected chi connectivity index (χ1v) is 10.6. The van der Waals surface area contributed by atoms with Crippen molar-refractivity contribution in [1.29, 1.82) is 0 Å². The van der Waals surface area contributed by atoms with Crippen LogP contribution in [0.5, 0.6) is 0 Å². The Hall–Kier alpha value is -3.67. The summed E-state index contributed by atoms with van der Waals surface area (Å²) in [6, 6.07) is 0. The molecular weight excluding hydrogens is 400 g/mol. The lowest BCUT2D eigenvalue weighted by atomic mass is 9.97. The van der Waals surface area contributed by atoms with Gasteiger partial charge >= 0.3 is 0 Å². The zero-order valence-electron chi connectivity index (χ0n) is 19.5. The van der Waals surface area contributed by atoms with Crippen molar-refractivity contribution < 1.29 is 9.59 Å². The SMILES string of the molecule is CC1=C(C)C(=C(C)C2=NC(=C(C)C3=C(C)C(=O)C(=O)N3)C(C)=C2C)N=C1C=C1C=CC=N1. The third-order valence-corrected chi connectivity index (χ3v) is 6.49. The summed E-state index contributed by atoms with van der Waals surface area (Å²) in [6.07, 6.45) is 7.63. The quantitative estimate of drug-likeness (QED) is 0.668. The molecule has 0 bridgehead atoms. The number of ketones is 1. The van der Waals surface area contributed by atoms with Crippen LogP contribution in [0.2, 0.25) is 0 Å². The maximum Gasteiger partial charge on any atom is 0.296 e. The standard InChI is InChI=1S/C26H26N4O2/c1-12-13(2)21(28-20(12)11-19-9-8-10-27-19)16(5)22-14(3)15(4)23(29-22)17(6)24-18(7)25(31)26(32)30-24/h8-11H,1-7H3,(H,30,31,32). The first kappa shape index (κ1) is 21.6. The molecule has 1 amide bonds. The molecule has 0 saturated carbocycles. The number of hydrogen-bond acceptors (Lipinski definition) is 5. The number of amides is 1. The fourth-order valence-electron chi connectivity index (χ4n) is 4.22. The van der Waals surface area contributed by atoms with Crippen LogP contribution in [0.25, 0.3) is 0 Å². The third-order valence-electron chi connectivity index (χ3n) is 6.49. The summed E-state index contributed by atoms with van der Waals surface area (Å²) in [7, 11) is 0. The number of allylic oxidation sites excluding steroid dienone is 9. The molecule has 6 nitrogen and oxygen atoms in total. The Morgan fingerprint density at radius 3 is 2.09 bits per heavy atom. The molecule has 0 saturated heterocycles. The molecule has 1 N–H and O–H groups in total. The van der Waals surface area contributed by atoms with Crippen molar-refractivity contribution in [3.63, 3.8) is 0 Å². The van der Waals surface area contributed by atoms with Gasteiger partial charge in [0.25, 0.3) is 5.91 Å². The minimum Gasteiger partial charge on any atom is -0.318 e. The van der Waals surface area contributed by atoms with Crippen LogP contribution >= 0.6 is 0 Å². The lowest BCUT2D eigenvalue weighted by Crippen LogP contribution is -2.21. The number of nitrogens with one attached hydrogen (secondary N) is 1. The molecule has 0 aromatic carbocycles. The average Bonchev–Trinajstić information content (AvgIpc) is 3.51. The lowest BCUT2D eigenvalue weighted by Gasteiger charge is -2.08. The maximum atomic E-state index is 12.0. The predicted octanol–water partition coefficient (Wildman–Crippen LogP) is 4.61. The largest absolute Gasteiger partial charge is 0.318 e. The zero-order chi connectivity index (χ0) is 23.3. The van der Waals surface area contributed by atoms with Gasteiger partial charge in [-0.3, -0.25) is 14.6 Å². The molecule has 4 aliphatic heterocycles. The average molecular weight is 427 g/mol. The first-order valence-electron chi connectivity index (χ1n) is 10.6. The molecule has 0 fully saturated rings. The van der Waals surface area contributed by atoms with E-state index >= 15 is 0 Å². The van der Waals surface area contributed by atoms with Crippen LogP contribution in [0.4, 0.5) is 0 Å². The Balaban J connectivity index is 1.80. The minimum atomic E-state index is -0.587. The summed E-state index contributed by atoms with van der Waals surface area (Å²) in [5, 5.41) is 2.69. The van der Waals surface area contributed by atoms with Crippen molar-refractivity contribution in [2.45, 2.75) is 48.5 Å². The van der Waals surface area contributed by atoms with Crippen LogP contribution in [0.3, 0.4) is 0 Å². The van der Waals surface area contributed by atoms with Crippen molar-refractivity contribution in [2.24, 2.45) is 15.0 Å². The fourth-order valence-corrected chi connectivity index (χ4v) is 4.22. The summed E-state index contributed by atoms with van der Waals surface area (Å²) in [5.74, 6) is -1.07. The highest BCUT2D eigenvalue weighted by Gasteiger charge is 2.31. The molecule has 4 rings (SSSR count). The molecule has 0 unspecified atom stereocenters. The van der Waals surface area contributed by atoms with Gasteiger partial charge in [0.1, 0.15) is 0 Å². The Kier molecular flexibility index (Phi) is 5.25. The molecule has 32 heavy (non-hydrogen) atoms. The van der Waals surface area contributed by atoms with Crippen molar-refractivity contribution >= 4 is 29.3 Å². The number of Topliss-reactive ketones (excluding diaryl/α,β-unsaturated/α-hetero) is 1. The van der Waals surface area contributed by atoms with E-state index in [4.69, 9.17) is 9.98 Å². The highest BCUT2D eigenvalue weighted by atomic mass is 16.2. The number of carbonyl (C=O) groups is 2. The number of aliphatic imine (C=N–C) groups is 3. The molecule has 4 aliphatic rings. The van der Waals surface area contributed by atoms with Gasteiger partial charge in [0.2, 0.25) is 5.78 Å². The van der Waals surface area contributed by atoms with Gasteiger partial charge in [-0.1, -0.05) is 0 Å². The molecular formula is C26H26N4O2. The summed E-state index contributed by atoms with van der Waals surface area (Å²) in [6.45, 7) is 13.8. The Bertz CT molecular complexity index is 1300. The molecule has 162 valence electrons. The first-order chi connectivity index (χ1) is 15.1. The fraction of sp³-hybridized carbons (Fsp3) is 0.269. The van der Waals surface area contributed by atoms with Gasteiger partial charge in [-0.05, 0) is 94.6 Å². The summed E-state index contributed by atoms with van der Waals surface area (Å²) < 4.78 is 0. The number of nitrogens with zero attached hydrogens (tertiary/aromatic N) is 3. The van der Waals surface area contributed by atoms with Crippen LogP contribution in [-0.2, 0) is 9.59 Å². The van der Waals surface area contributed by atoms with E-state index in [1.807, 2.05) is 45.9 Å². The third kappa shape index (κ3) is 3.32. The van der Waals surface area contributed by atoms with E-state index in [9.17, 15) is 9.59 Å². The van der Waals surface area contributed by atoms with E-state index in [0.29, 0.717) is 11.3 Å². The topological polar surface area (TPSA) is 83.2 Å². The second kappa shape index (κ2) is 7.79. The second-order valence-corrected chi connectivity index (χ2v) is 8.39. The molecule has 0 atom stereocenters. The van der Waals surface area contributed by atoms with Crippen LogP contribution in [-0.4, -0.2) is 29.3 Å². The second-order valence-electron chi connectivity index (χ2n) is 8.39. The monoisotopic (exact) mass is 426 g/mol. The number of hydrogen-bond donors (Lipinski definition) is 1. The van der Waals surface area contributed by atoms with Crippen LogP contribution in [0.1, 0.15) is 48.5 Å². The summed E-state index contributed by atoms with van der Waals surface area (Å²) in [5.41, 5.74) is 11.5. The molecule has 4 heterocycles. The van der Waals surface area contributed by atoms with Crippen LogP contribution in [0.15, 0.2) is 95.0 Å². The van der Waals surface area contributed by atoms with Crippen molar-refractivity contribution in [2.75, 3.05) is 0 Å². The maximum absolute atomic E-state index is 12.0. The van der Waals surface area contributed by atoms with Gasteiger partial charge in [-0.15, -0.1) is 0 Å². The number of rotatable bonds is 3. The molecule has 6 heteroatoms. The zero-order valence-corrected chi connectivity index (χ0v) is 19.5. The van der Waals surface area contributed by atoms with E-state index in [-0.39, 0.29) is 0 Å². The Morgan fingerprint density at radius 2 is 1.50 bits per heavy atom. The highest BCUT2D eigenvalue weighted by Crippen LogP contribution is 2.36. The molecule has 0 aliphatic carbocycles. The van der Waals surface area contributed by atoms with E-state index in [2.05, 4.69) is 24.2 Å². The molecule has 0 radical (unpaired) electrons. The minimum absolute atomic E-state index is 0.431. The van der Waals surface area contributed by atoms with Crippen LogP contribution < -0.4 is 5.32 Å². The van der Waals surface area contributed by atoms with Gasteiger partial charge in [-0.2, -0.15) is 0 Å². The number of carbonyl (C=O) groups excluding carboxylic acids is 2. The van der Waals surface area contributed by atoms with Gasteiger partial charge in [0, 0.05) is 17.4 Å². The molecule has 0 aromatic heterocycles. The van der Waals surface area contributed by atoms with Gasteiger partial charge in [0.15, 0.2) is 0 Å². The Labute approximate surface area is 188 Å². The summed E-state index contributed by atoms with van der Waals surface area (Å²) >= 11 is 0. The molecule has 0 spiro atoms. The van der Waals surface area contributed by atoms with Crippen molar-refractivity contribution in [1.82, 2.24) is 5.32 Å². The van der Waals surface area contributed by atoms with Crippen molar-refractivity contribution in [3.05, 3.63) is 80.0 Å². The lowest BCUT2D eigenvalue weighted by molar-refractivity contribution is -0.134.